The standard InChI is InChI=1S/C13H25NO3S/c1-2-14-11-4-5-13(16-7-8-17-13)10-12(11)18-9-3-6-15/h11-12,14-15H,2-10H2,1H3. The van der Waals surface area contributed by atoms with Crippen molar-refractivity contribution in [2.75, 3.05) is 32.1 Å². The van der Waals surface area contributed by atoms with Gasteiger partial charge < -0.3 is 19.9 Å². The molecule has 0 amide bonds. The Kier molecular flexibility index (Phi) is 5.76. The lowest BCUT2D eigenvalue weighted by molar-refractivity contribution is -0.178. The Morgan fingerprint density at radius 1 is 1.39 bits per heavy atom. The summed E-state index contributed by atoms with van der Waals surface area (Å²) in [5.74, 6) is 0.710. The molecule has 106 valence electrons. The van der Waals surface area contributed by atoms with Gasteiger partial charge >= 0.3 is 0 Å². The molecule has 0 radical (unpaired) electrons. The molecular weight excluding hydrogens is 250 g/mol. The van der Waals surface area contributed by atoms with Gasteiger partial charge in [0.25, 0.3) is 0 Å². The Balaban J connectivity index is 1.89. The fraction of sp³-hybridized carbons (Fsp3) is 1.00. The summed E-state index contributed by atoms with van der Waals surface area (Å²) in [7, 11) is 0. The van der Waals surface area contributed by atoms with Gasteiger partial charge in [-0.3, -0.25) is 0 Å². The van der Waals surface area contributed by atoms with Crippen molar-refractivity contribution in [2.45, 2.75) is 49.7 Å². The molecule has 2 atom stereocenters. The van der Waals surface area contributed by atoms with Gasteiger partial charge in [-0.05, 0) is 25.1 Å². The molecule has 2 rings (SSSR count). The van der Waals surface area contributed by atoms with Crippen LogP contribution in [0.15, 0.2) is 0 Å². The molecule has 2 N–H and O–H groups in total. The quantitative estimate of drug-likeness (QED) is 0.717. The van der Waals surface area contributed by atoms with Crippen LogP contribution in [0.2, 0.25) is 0 Å². The van der Waals surface area contributed by atoms with E-state index < -0.39 is 0 Å². The topological polar surface area (TPSA) is 50.7 Å². The number of aliphatic hydroxyl groups excluding tert-OH is 1. The second kappa shape index (κ2) is 7.10. The maximum atomic E-state index is 8.89. The van der Waals surface area contributed by atoms with Crippen LogP contribution in [0.1, 0.15) is 32.6 Å². The molecule has 5 heteroatoms. The molecule has 0 aromatic rings. The van der Waals surface area contributed by atoms with E-state index in [4.69, 9.17) is 14.6 Å². The molecular formula is C13H25NO3S. The van der Waals surface area contributed by atoms with Crippen molar-refractivity contribution in [3.8, 4) is 0 Å². The van der Waals surface area contributed by atoms with E-state index in [1.807, 2.05) is 11.8 Å². The van der Waals surface area contributed by atoms with E-state index in [0.717, 1.165) is 51.2 Å². The van der Waals surface area contributed by atoms with Crippen LogP contribution < -0.4 is 5.32 Å². The first-order chi connectivity index (χ1) is 8.79. The Hall–Kier alpha value is 0.190. The Labute approximate surface area is 114 Å². The number of nitrogens with one attached hydrogen (secondary N) is 1. The van der Waals surface area contributed by atoms with Gasteiger partial charge in [0, 0.05) is 30.7 Å². The first-order valence-corrected chi connectivity index (χ1v) is 8.08. The average Bonchev–Trinajstić information content (AvgIpc) is 2.82. The molecule has 1 saturated carbocycles. The van der Waals surface area contributed by atoms with Crippen molar-refractivity contribution in [3.05, 3.63) is 0 Å². The van der Waals surface area contributed by atoms with E-state index in [-0.39, 0.29) is 12.4 Å². The summed E-state index contributed by atoms with van der Waals surface area (Å²) >= 11 is 1.95. The SMILES string of the molecule is CCNC1CCC2(CC1SCCCO)OCCO2. The van der Waals surface area contributed by atoms with Gasteiger partial charge in [-0.25, -0.2) is 0 Å². The lowest BCUT2D eigenvalue weighted by Gasteiger charge is -2.41. The van der Waals surface area contributed by atoms with Gasteiger partial charge in [-0.1, -0.05) is 6.92 Å². The molecule has 18 heavy (non-hydrogen) atoms. The van der Waals surface area contributed by atoms with Gasteiger partial charge in [0.05, 0.1) is 13.2 Å². The monoisotopic (exact) mass is 275 g/mol. The molecule has 1 aliphatic carbocycles. The lowest BCUT2D eigenvalue weighted by atomic mass is 9.89. The van der Waals surface area contributed by atoms with Crippen molar-refractivity contribution in [1.29, 1.82) is 0 Å². The summed E-state index contributed by atoms with van der Waals surface area (Å²) < 4.78 is 11.7. The summed E-state index contributed by atoms with van der Waals surface area (Å²) in [4.78, 5) is 0. The van der Waals surface area contributed by atoms with Crippen molar-refractivity contribution in [3.63, 3.8) is 0 Å². The van der Waals surface area contributed by atoms with Gasteiger partial charge in [-0.15, -0.1) is 0 Å². The first-order valence-electron chi connectivity index (χ1n) is 7.03. The van der Waals surface area contributed by atoms with E-state index in [0.29, 0.717) is 11.3 Å². The van der Waals surface area contributed by atoms with E-state index in [1.165, 1.54) is 0 Å². The zero-order chi connectivity index (χ0) is 12.8. The van der Waals surface area contributed by atoms with Gasteiger partial charge in [0.15, 0.2) is 5.79 Å². The molecule has 4 nitrogen and oxygen atoms in total. The molecule has 1 heterocycles. The lowest BCUT2D eigenvalue weighted by Crippen LogP contribution is -2.49. The molecule has 2 aliphatic rings. The van der Waals surface area contributed by atoms with Crippen molar-refractivity contribution < 1.29 is 14.6 Å². The minimum absolute atomic E-state index is 0.281. The zero-order valence-electron chi connectivity index (χ0n) is 11.2. The summed E-state index contributed by atoms with van der Waals surface area (Å²) in [5, 5.41) is 13.0. The minimum Gasteiger partial charge on any atom is -0.396 e. The molecule has 0 aromatic carbocycles. The number of rotatable bonds is 6. The predicted molar refractivity (Wildman–Crippen MR) is 73.9 cm³/mol. The third kappa shape index (κ3) is 3.61. The number of hydrogen-bond donors (Lipinski definition) is 2. The molecule has 2 unspecified atom stereocenters. The highest BCUT2D eigenvalue weighted by atomic mass is 32.2. The molecule has 1 spiro atoms. The van der Waals surface area contributed by atoms with Gasteiger partial charge in [-0.2, -0.15) is 11.8 Å². The van der Waals surface area contributed by atoms with Crippen LogP contribution in [0.25, 0.3) is 0 Å². The molecule has 0 aromatic heterocycles. The number of aliphatic hydroxyl groups is 1. The Morgan fingerprint density at radius 3 is 2.83 bits per heavy atom. The van der Waals surface area contributed by atoms with Crippen LogP contribution >= 0.6 is 11.8 Å². The second-order valence-corrected chi connectivity index (χ2v) is 6.35. The highest BCUT2D eigenvalue weighted by Crippen LogP contribution is 2.40. The summed E-state index contributed by atoms with van der Waals surface area (Å²) in [6.45, 7) is 4.92. The summed E-state index contributed by atoms with van der Waals surface area (Å²) in [6.07, 6.45) is 3.96. The largest absolute Gasteiger partial charge is 0.396 e. The smallest absolute Gasteiger partial charge is 0.169 e. The molecule has 0 bridgehead atoms. The number of thioether (sulfide) groups is 1. The summed E-state index contributed by atoms with van der Waals surface area (Å²) in [5.41, 5.74) is 0. The average molecular weight is 275 g/mol. The predicted octanol–water partition coefficient (Wildman–Crippen LogP) is 1.38. The third-order valence-electron chi connectivity index (χ3n) is 3.71. The van der Waals surface area contributed by atoms with Crippen LogP contribution in [0, 0.1) is 0 Å². The highest BCUT2D eigenvalue weighted by molar-refractivity contribution is 7.99. The molecule has 2 fully saturated rings. The van der Waals surface area contributed by atoms with Crippen LogP contribution in [-0.2, 0) is 9.47 Å². The van der Waals surface area contributed by atoms with Crippen molar-refractivity contribution in [1.82, 2.24) is 5.32 Å². The fourth-order valence-electron chi connectivity index (χ4n) is 2.84. The maximum Gasteiger partial charge on any atom is 0.169 e. The van der Waals surface area contributed by atoms with E-state index in [9.17, 15) is 0 Å². The van der Waals surface area contributed by atoms with Crippen molar-refractivity contribution in [2.24, 2.45) is 0 Å². The molecule has 1 aliphatic heterocycles. The normalized spacial score (nSPS) is 31.0. The second-order valence-electron chi connectivity index (χ2n) is 5.00. The molecule has 1 saturated heterocycles. The van der Waals surface area contributed by atoms with Gasteiger partial charge in [0.1, 0.15) is 0 Å². The first kappa shape index (κ1) is 14.6. The van der Waals surface area contributed by atoms with Crippen molar-refractivity contribution >= 4 is 11.8 Å². The highest BCUT2D eigenvalue weighted by Gasteiger charge is 2.44. The third-order valence-corrected chi connectivity index (χ3v) is 5.16. The Morgan fingerprint density at radius 2 is 2.17 bits per heavy atom. The minimum atomic E-state index is -0.303. The van der Waals surface area contributed by atoms with Crippen LogP contribution in [-0.4, -0.2) is 54.3 Å². The van der Waals surface area contributed by atoms with E-state index in [1.54, 1.807) is 0 Å². The zero-order valence-corrected chi connectivity index (χ0v) is 12.0. The van der Waals surface area contributed by atoms with Crippen LogP contribution in [0.3, 0.4) is 0 Å². The van der Waals surface area contributed by atoms with Gasteiger partial charge in [0.2, 0.25) is 0 Å². The van der Waals surface area contributed by atoms with Crippen LogP contribution in [0.4, 0.5) is 0 Å². The summed E-state index contributed by atoms with van der Waals surface area (Å²) in [6, 6.07) is 0.553. The maximum absolute atomic E-state index is 8.89. The number of hydrogen-bond acceptors (Lipinski definition) is 5. The fourth-order valence-corrected chi connectivity index (χ4v) is 4.28. The van der Waals surface area contributed by atoms with E-state index >= 15 is 0 Å². The number of ether oxygens (including phenoxy) is 2. The van der Waals surface area contributed by atoms with Crippen LogP contribution in [0.5, 0.6) is 0 Å². The van der Waals surface area contributed by atoms with E-state index in [2.05, 4.69) is 12.2 Å². The Bertz CT molecular complexity index is 246.